The van der Waals surface area contributed by atoms with Crippen LogP contribution in [0.2, 0.25) is 0 Å². The number of Topliss-reactive ketones (excluding diaryl/α,β-unsaturated/α-hetero) is 1. The maximum Gasteiger partial charge on any atom is 0.261 e. The number of aromatic nitrogens is 2. The summed E-state index contributed by atoms with van der Waals surface area (Å²) in [4.78, 5) is 44.0. The van der Waals surface area contributed by atoms with Crippen molar-refractivity contribution in [3.63, 3.8) is 0 Å². The highest BCUT2D eigenvalue weighted by Gasteiger charge is 2.24. The largest absolute Gasteiger partial charge is 0.497 e. The molecule has 1 atom stereocenters. The van der Waals surface area contributed by atoms with Crippen molar-refractivity contribution in [2.75, 3.05) is 13.7 Å². The number of amides is 1. The smallest absolute Gasteiger partial charge is 0.261 e. The summed E-state index contributed by atoms with van der Waals surface area (Å²) in [5.41, 5.74) is 3.59. The number of carbonyl (C=O) groups excluding carboxylic acids is 2. The molecule has 0 fully saturated rings. The molecule has 0 spiro atoms. The summed E-state index contributed by atoms with van der Waals surface area (Å²) in [6.07, 6.45) is 3.73. The SMILES string of the molecule is COc1ccc([C@H](CNC(=O)c2cc3c([nH]c2=O)CCCC3=O)c2c[nH]c3ccccc23)cc1. The van der Waals surface area contributed by atoms with Crippen molar-refractivity contribution in [3.05, 3.63) is 99.1 Å². The van der Waals surface area contributed by atoms with Gasteiger partial charge >= 0.3 is 0 Å². The van der Waals surface area contributed by atoms with Gasteiger partial charge in [0.25, 0.3) is 11.5 Å². The molecular formula is C27H25N3O4. The highest BCUT2D eigenvalue weighted by molar-refractivity contribution is 6.01. The van der Waals surface area contributed by atoms with Crippen LogP contribution in [-0.4, -0.2) is 35.3 Å². The molecular weight excluding hydrogens is 430 g/mol. The Morgan fingerprint density at radius 2 is 1.88 bits per heavy atom. The summed E-state index contributed by atoms with van der Waals surface area (Å²) in [5.74, 6) is 0.0438. The molecule has 1 aliphatic rings. The van der Waals surface area contributed by atoms with Gasteiger partial charge < -0.3 is 20.0 Å². The molecule has 4 aromatic rings. The lowest BCUT2D eigenvalue weighted by atomic mass is 9.90. The zero-order chi connectivity index (χ0) is 23.7. The van der Waals surface area contributed by atoms with Crippen LogP contribution in [-0.2, 0) is 6.42 Å². The molecule has 7 heteroatoms. The van der Waals surface area contributed by atoms with Crippen molar-refractivity contribution in [1.29, 1.82) is 0 Å². The van der Waals surface area contributed by atoms with E-state index in [0.717, 1.165) is 27.8 Å². The first-order valence-corrected chi connectivity index (χ1v) is 11.3. The molecule has 1 aliphatic carbocycles. The number of ketones is 1. The molecule has 172 valence electrons. The predicted molar refractivity (Wildman–Crippen MR) is 130 cm³/mol. The second-order valence-corrected chi connectivity index (χ2v) is 8.51. The quantitative estimate of drug-likeness (QED) is 0.410. The fourth-order valence-corrected chi connectivity index (χ4v) is 4.66. The molecule has 1 amide bonds. The minimum Gasteiger partial charge on any atom is -0.497 e. The Morgan fingerprint density at radius 1 is 1.09 bits per heavy atom. The van der Waals surface area contributed by atoms with Crippen LogP contribution in [0.1, 0.15) is 56.3 Å². The first kappa shape index (κ1) is 21.7. The van der Waals surface area contributed by atoms with Crippen LogP contribution in [0.15, 0.2) is 65.6 Å². The van der Waals surface area contributed by atoms with E-state index in [0.29, 0.717) is 30.5 Å². The van der Waals surface area contributed by atoms with Gasteiger partial charge in [0.1, 0.15) is 11.3 Å². The molecule has 3 N–H and O–H groups in total. The normalized spacial score (nSPS) is 14.0. The van der Waals surface area contributed by atoms with Crippen LogP contribution in [0.3, 0.4) is 0 Å². The highest BCUT2D eigenvalue weighted by Crippen LogP contribution is 2.31. The Balaban J connectivity index is 1.46. The van der Waals surface area contributed by atoms with E-state index in [4.69, 9.17) is 4.74 Å². The number of hydrogen-bond donors (Lipinski definition) is 3. The van der Waals surface area contributed by atoms with E-state index in [1.54, 1.807) is 7.11 Å². The van der Waals surface area contributed by atoms with Gasteiger partial charge in [-0.3, -0.25) is 14.4 Å². The lowest BCUT2D eigenvalue weighted by molar-refractivity contribution is 0.0951. The molecule has 2 aromatic carbocycles. The topological polar surface area (TPSA) is 104 Å². The van der Waals surface area contributed by atoms with Crippen molar-refractivity contribution >= 4 is 22.6 Å². The number of hydrogen-bond acceptors (Lipinski definition) is 4. The predicted octanol–water partition coefficient (Wildman–Crippen LogP) is 3.95. The van der Waals surface area contributed by atoms with E-state index >= 15 is 0 Å². The second kappa shape index (κ2) is 9.02. The number of aryl methyl sites for hydroxylation is 1. The number of para-hydroxylation sites is 1. The number of carbonyl (C=O) groups is 2. The lowest BCUT2D eigenvalue weighted by Crippen LogP contribution is -2.34. The first-order valence-electron chi connectivity index (χ1n) is 11.3. The van der Waals surface area contributed by atoms with E-state index in [1.807, 2.05) is 54.7 Å². The van der Waals surface area contributed by atoms with Crippen molar-refractivity contribution < 1.29 is 14.3 Å². The van der Waals surface area contributed by atoms with Crippen LogP contribution in [0, 0.1) is 0 Å². The third-order valence-corrected chi connectivity index (χ3v) is 6.48. The van der Waals surface area contributed by atoms with Gasteiger partial charge in [-0.25, -0.2) is 0 Å². The number of pyridine rings is 1. The maximum atomic E-state index is 13.1. The second-order valence-electron chi connectivity index (χ2n) is 8.51. The first-order chi connectivity index (χ1) is 16.5. The van der Waals surface area contributed by atoms with E-state index in [2.05, 4.69) is 15.3 Å². The molecule has 5 rings (SSSR count). The van der Waals surface area contributed by atoms with Crippen molar-refractivity contribution in [1.82, 2.24) is 15.3 Å². The Morgan fingerprint density at radius 3 is 2.68 bits per heavy atom. The van der Waals surface area contributed by atoms with Gasteiger partial charge in [0.15, 0.2) is 5.78 Å². The minimum absolute atomic E-state index is 0.0403. The molecule has 0 saturated carbocycles. The molecule has 0 bridgehead atoms. The third-order valence-electron chi connectivity index (χ3n) is 6.48. The van der Waals surface area contributed by atoms with Crippen LogP contribution >= 0.6 is 0 Å². The number of rotatable bonds is 6. The summed E-state index contributed by atoms with van der Waals surface area (Å²) in [6, 6.07) is 17.2. The van der Waals surface area contributed by atoms with E-state index < -0.39 is 11.5 Å². The van der Waals surface area contributed by atoms with Gasteiger partial charge in [-0.1, -0.05) is 30.3 Å². The molecule has 0 aliphatic heterocycles. The number of nitrogens with one attached hydrogen (secondary N) is 3. The fraction of sp³-hybridized carbons (Fsp3) is 0.222. The maximum absolute atomic E-state index is 13.1. The van der Waals surface area contributed by atoms with Gasteiger partial charge in [-0.05, 0) is 48.2 Å². The molecule has 2 heterocycles. The molecule has 0 unspecified atom stereocenters. The molecule has 0 saturated heterocycles. The molecule has 7 nitrogen and oxygen atoms in total. The fourth-order valence-electron chi connectivity index (χ4n) is 4.66. The van der Waals surface area contributed by atoms with Crippen LogP contribution in [0.5, 0.6) is 5.75 Å². The van der Waals surface area contributed by atoms with Gasteiger partial charge in [-0.15, -0.1) is 0 Å². The zero-order valence-corrected chi connectivity index (χ0v) is 18.8. The molecule has 34 heavy (non-hydrogen) atoms. The van der Waals surface area contributed by atoms with Gasteiger partial charge in [0, 0.05) is 47.2 Å². The standard InChI is InChI=1S/C27H25N3O4/c1-34-17-11-9-16(10-12-17)21(22-15-28-23-6-3-2-5-18(22)23)14-29-26(32)20-13-19-24(30-27(20)33)7-4-8-25(19)31/h2-3,5-6,9-13,15,21,28H,4,7-8,14H2,1H3,(H,29,32)(H,30,33)/t21-/m0/s1. The van der Waals surface area contributed by atoms with E-state index in [1.165, 1.54) is 6.07 Å². The summed E-state index contributed by atoms with van der Waals surface area (Å²) in [6.45, 7) is 0.275. The van der Waals surface area contributed by atoms with Gasteiger partial charge in [0.05, 0.1) is 7.11 Å². The summed E-state index contributed by atoms with van der Waals surface area (Å²) in [5, 5.41) is 3.99. The molecule has 2 aromatic heterocycles. The Labute approximate surface area is 196 Å². The number of fused-ring (bicyclic) bond motifs is 2. The van der Waals surface area contributed by atoms with Crippen LogP contribution < -0.4 is 15.6 Å². The monoisotopic (exact) mass is 455 g/mol. The van der Waals surface area contributed by atoms with Crippen LogP contribution in [0.25, 0.3) is 10.9 Å². The third kappa shape index (κ3) is 4.01. The van der Waals surface area contributed by atoms with Gasteiger partial charge in [0.2, 0.25) is 0 Å². The average Bonchev–Trinajstić information content (AvgIpc) is 3.28. The van der Waals surface area contributed by atoms with Crippen molar-refractivity contribution in [3.8, 4) is 5.75 Å². The average molecular weight is 456 g/mol. The lowest BCUT2D eigenvalue weighted by Gasteiger charge is -2.19. The zero-order valence-electron chi connectivity index (χ0n) is 18.8. The Hall–Kier alpha value is -4.13. The van der Waals surface area contributed by atoms with Crippen molar-refractivity contribution in [2.24, 2.45) is 0 Å². The summed E-state index contributed by atoms with van der Waals surface area (Å²) < 4.78 is 5.29. The van der Waals surface area contributed by atoms with E-state index in [9.17, 15) is 14.4 Å². The number of ether oxygens (including phenoxy) is 1. The summed E-state index contributed by atoms with van der Waals surface area (Å²) in [7, 11) is 1.62. The summed E-state index contributed by atoms with van der Waals surface area (Å²) >= 11 is 0. The number of aromatic amines is 2. The molecule has 0 radical (unpaired) electrons. The minimum atomic E-state index is -0.499. The number of benzene rings is 2. The Kier molecular flexibility index (Phi) is 5.76. The number of methoxy groups -OCH3 is 1. The van der Waals surface area contributed by atoms with Gasteiger partial charge in [-0.2, -0.15) is 0 Å². The highest BCUT2D eigenvalue weighted by atomic mass is 16.5. The van der Waals surface area contributed by atoms with E-state index in [-0.39, 0.29) is 23.8 Å². The van der Waals surface area contributed by atoms with Crippen molar-refractivity contribution in [2.45, 2.75) is 25.2 Å². The van der Waals surface area contributed by atoms with Crippen LogP contribution in [0.4, 0.5) is 0 Å². The number of H-pyrrole nitrogens is 2. The Bertz CT molecular complexity index is 1430.